The van der Waals surface area contributed by atoms with Crippen molar-refractivity contribution in [1.29, 1.82) is 0 Å². The number of methoxy groups -OCH3 is 1. The zero-order valence-corrected chi connectivity index (χ0v) is 19.1. The van der Waals surface area contributed by atoms with Crippen LogP contribution >= 0.6 is 0 Å². The molecule has 170 valence electrons. The van der Waals surface area contributed by atoms with E-state index in [1.54, 1.807) is 24.1 Å². The van der Waals surface area contributed by atoms with Gasteiger partial charge in [0.25, 0.3) is 0 Å². The predicted octanol–water partition coefficient (Wildman–Crippen LogP) is 4.36. The van der Waals surface area contributed by atoms with E-state index in [2.05, 4.69) is 28.9 Å². The highest BCUT2D eigenvalue weighted by molar-refractivity contribution is 6.00. The number of rotatable bonds is 3. The number of ether oxygens (including phenoxy) is 2. The molecule has 8 heteroatoms. The Morgan fingerprint density at radius 3 is 2.65 bits per heavy atom. The Bertz CT molecular complexity index is 1460. The van der Waals surface area contributed by atoms with Crippen LogP contribution in [-0.4, -0.2) is 37.5 Å². The SMILES string of the molecule is COc1ccc([C@@H]2C3=C(CC(C)(C)CC3=O)Oc3ncn4nc(-c5ccccn5)nc4c32)cc1. The molecule has 0 bridgehead atoms. The highest BCUT2D eigenvalue weighted by Crippen LogP contribution is 2.50. The Labute approximate surface area is 196 Å². The van der Waals surface area contributed by atoms with Gasteiger partial charge in [0.2, 0.25) is 11.7 Å². The van der Waals surface area contributed by atoms with Gasteiger partial charge in [-0.05, 0) is 35.2 Å². The molecule has 1 atom stereocenters. The van der Waals surface area contributed by atoms with Gasteiger partial charge >= 0.3 is 0 Å². The summed E-state index contributed by atoms with van der Waals surface area (Å²) >= 11 is 0. The molecule has 0 unspecified atom stereocenters. The molecule has 3 aromatic heterocycles. The van der Waals surface area contributed by atoms with E-state index in [9.17, 15) is 4.79 Å². The Morgan fingerprint density at radius 1 is 1.09 bits per heavy atom. The number of nitrogens with zero attached hydrogens (tertiary/aromatic N) is 5. The zero-order chi connectivity index (χ0) is 23.4. The number of aromatic nitrogens is 5. The molecular weight excluding hydrogens is 430 g/mol. The summed E-state index contributed by atoms with van der Waals surface area (Å²) in [6.45, 7) is 4.18. The van der Waals surface area contributed by atoms with Gasteiger partial charge in [0.1, 0.15) is 23.5 Å². The van der Waals surface area contributed by atoms with E-state index in [1.165, 1.54) is 0 Å². The average molecular weight is 454 g/mol. The molecule has 34 heavy (non-hydrogen) atoms. The molecule has 8 nitrogen and oxygen atoms in total. The van der Waals surface area contributed by atoms with Crippen molar-refractivity contribution in [2.45, 2.75) is 32.6 Å². The highest BCUT2D eigenvalue weighted by atomic mass is 16.5. The van der Waals surface area contributed by atoms with Crippen molar-refractivity contribution in [3.63, 3.8) is 0 Å². The number of benzene rings is 1. The van der Waals surface area contributed by atoms with Crippen LogP contribution in [0.4, 0.5) is 0 Å². The van der Waals surface area contributed by atoms with Crippen molar-refractivity contribution >= 4 is 11.4 Å². The second-order valence-corrected chi connectivity index (χ2v) is 9.47. The van der Waals surface area contributed by atoms with Crippen LogP contribution in [0.3, 0.4) is 0 Å². The van der Waals surface area contributed by atoms with Crippen LogP contribution in [-0.2, 0) is 4.79 Å². The maximum Gasteiger partial charge on any atom is 0.228 e. The molecule has 0 saturated heterocycles. The number of fused-ring (bicyclic) bond motifs is 3. The lowest BCUT2D eigenvalue weighted by molar-refractivity contribution is -0.118. The van der Waals surface area contributed by atoms with E-state index in [0.29, 0.717) is 47.2 Å². The fourth-order valence-corrected chi connectivity index (χ4v) is 4.88. The molecule has 4 heterocycles. The molecule has 1 aliphatic carbocycles. The summed E-state index contributed by atoms with van der Waals surface area (Å²) in [6, 6.07) is 13.4. The summed E-state index contributed by atoms with van der Waals surface area (Å²) in [5.74, 6) is 2.10. The minimum absolute atomic E-state index is 0.0872. The summed E-state index contributed by atoms with van der Waals surface area (Å²) in [4.78, 5) is 27.2. The summed E-state index contributed by atoms with van der Waals surface area (Å²) in [6.07, 6.45) is 4.43. The van der Waals surface area contributed by atoms with Crippen molar-refractivity contribution in [3.05, 3.63) is 77.4 Å². The first-order valence-corrected chi connectivity index (χ1v) is 11.2. The van der Waals surface area contributed by atoms with Crippen molar-refractivity contribution in [2.75, 3.05) is 7.11 Å². The number of Topliss-reactive ketones (excluding diaryl/α,β-unsaturated/α-hetero) is 1. The van der Waals surface area contributed by atoms with Crippen LogP contribution in [0.15, 0.2) is 66.3 Å². The maximum absolute atomic E-state index is 13.5. The van der Waals surface area contributed by atoms with Gasteiger partial charge in [-0.3, -0.25) is 9.78 Å². The third-order valence-electron chi connectivity index (χ3n) is 6.41. The lowest BCUT2D eigenvalue weighted by atomic mass is 9.70. The topological polar surface area (TPSA) is 91.5 Å². The summed E-state index contributed by atoms with van der Waals surface area (Å²) < 4.78 is 13.3. The minimum atomic E-state index is -0.370. The van der Waals surface area contributed by atoms with Crippen molar-refractivity contribution in [1.82, 2.24) is 24.6 Å². The molecule has 1 aliphatic heterocycles. The number of allylic oxidation sites excluding steroid dienone is 2. The maximum atomic E-state index is 13.5. The van der Waals surface area contributed by atoms with E-state index in [0.717, 1.165) is 16.9 Å². The molecule has 1 aromatic carbocycles. The third kappa shape index (κ3) is 3.25. The number of hydrogen-bond donors (Lipinski definition) is 0. The Balaban J connectivity index is 1.59. The van der Waals surface area contributed by atoms with Crippen molar-refractivity contribution < 1.29 is 14.3 Å². The second kappa shape index (κ2) is 7.48. The number of ketones is 1. The standard InChI is InChI=1S/C26H23N5O3/c1-26(2)12-18(32)21-19(13-26)34-25-22(20(21)15-7-9-16(33-3)10-8-15)24-29-23(30-31(24)14-28-25)17-6-4-5-11-27-17/h4-11,14,20H,12-13H2,1-3H3/t20-/m1/s1. The highest BCUT2D eigenvalue weighted by Gasteiger charge is 2.44. The summed E-state index contributed by atoms with van der Waals surface area (Å²) in [5, 5.41) is 4.60. The van der Waals surface area contributed by atoms with Crippen LogP contribution in [0.25, 0.3) is 17.2 Å². The Morgan fingerprint density at radius 2 is 1.91 bits per heavy atom. The number of hydrogen-bond acceptors (Lipinski definition) is 7. The molecule has 0 spiro atoms. The van der Waals surface area contributed by atoms with Gasteiger partial charge in [0.05, 0.1) is 12.7 Å². The molecular formula is C26H23N5O3. The first-order chi connectivity index (χ1) is 16.4. The monoisotopic (exact) mass is 453 g/mol. The van der Waals surface area contributed by atoms with Gasteiger partial charge in [0.15, 0.2) is 11.4 Å². The molecule has 0 radical (unpaired) electrons. The van der Waals surface area contributed by atoms with Crippen LogP contribution < -0.4 is 9.47 Å². The molecule has 0 fully saturated rings. The predicted molar refractivity (Wildman–Crippen MR) is 125 cm³/mol. The van der Waals surface area contributed by atoms with Crippen LogP contribution in [0.1, 0.15) is 43.7 Å². The molecule has 2 aliphatic rings. The molecule has 0 N–H and O–H groups in total. The first-order valence-electron chi connectivity index (χ1n) is 11.2. The normalized spacial score (nSPS) is 18.9. The van der Waals surface area contributed by atoms with Gasteiger partial charge in [-0.2, -0.15) is 0 Å². The zero-order valence-electron chi connectivity index (χ0n) is 19.1. The van der Waals surface area contributed by atoms with E-state index in [1.807, 2.05) is 42.5 Å². The van der Waals surface area contributed by atoms with Crippen molar-refractivity contribution in [3.8, 4) is 23.1 Å². The quantitative estimate of drug-likeness (QED) is 0.455. The van der Waals surface area contributed by atoms with Crippen LogP contribution in [0.5, 0.6) is 11.6 Å². The smallest absolute Gasteiger partial charge is 0.228 e. The lowest BCUT2D eigenvalue weighted by Crippen LogP contribution is -2.33. The summed E-state index contributed by atoms with van der Waals surface area (Å²) in [7, 11) is 1.63. The molecule has 6 rings (SSSR count). The third-order valence-corrected chi connectivity index (χ3v) is 6.41. The fraction of sp³-hybridized carbons (Fsp3) is 0.269. The van der Waals surface area contributed by atoms with Gasteiger partial charge in [0, 0.05) is 30.5 Å². The van der Waals surface area contributed by atoms with Crippen LogP contribution in [0, 0.1) is 5.41 Å². The minimum Gasteiger partial charge on any atom is -0.497 e. The van der Waals surface area contributed by atoms with E-state index in [4.69, 9.17) is 14.5 Å². The number of carbonyl (C=O) groups excluding carboxylic acids is 1. The molecule has 0 saturated carbocycles. The van der Waals surface area contributed by atoms with Crippen LogP contribution in [0.2, 0.25) is 0 Å². The Hall–Kier alpha value is -4.07. The number of carbonyl (C=O) groups is 1. The van der Waals surface area contributed by atoms with Gasteiger partial charge < -0.3 is 9.47 Å². The van der Waals surface area contributed by atoms with Crippen molar-refractivity contribution in [2.24, 2.45) is 5.41 Å². The molecule has 0 amide bonds. The number of pyridine rings is 1. The largest absolute Gasteiger partial charge is 0.497 e. The second-order valence-electron chi connectivity index (χ2n) is 9.47. The summed E-state index contributed by atoms with van der Waals surface area (Å²) in [5.41, 5.74) is 3.43. The van der Waals surface area contributed by atoms with Gasteiger partial charge in [-0.25, -0.2) is 14.5 Å². The first kappa shape index (κ1) is 20.5. The Kier molecular flexibility index (Phi) is 4.52. The van der Waals surface area contributed by atoms with E-state index >= 15 is 0 Å². The van der Waals surface area contributed by atoms with E-state index in [-0.39, 0.29) is 17.1 Å². The fourth-order valence-electron chi connectivity index (χ4n) is 4.88. The lowest BCUT2D eigenvalue weighted by Gasteiger charge is -2.37. The van der Waals surface area contributed by atoms with Gasteiger partial charge in [-0.15, -0.1) is 5.10 Å². The van der Waals surface area contributed by atoms with Gasteiger partial charge in [-0.1, -0.05) is 32.0 Å². The molecule has 4 aromatic rings. The average Bonchev–Trinajstić information content (AvgIpc) is 3.27. The van der Waals surface area contributed by atoms with E-state index < -0.39 is 0 Å².